The van der Waals surface area contributed by atoms with E-state index in [0.29, 0.717) is 24.1 Å². The summed E-state index contributed by atoms with van der Waals surface area (Å²) in [6.07, 6.45) is 2.97. The van der Waals surface area contributed by atoms with E-state index in [2.05, 4.69) is 20.5 Å². The Bertz CT molecular complexity index is 316. The number of nitrogens with one attached hydrogen (secondary N) is 2. The number of hydrogen-bond acceptors (Lipinski definition) is 3. The van der Waals surface area contributed by atoms with Crippen LogP contribution in [0, 0.1) is 12.8 Å². The minimum absolute atomic E-state index is 0.0153. The van der Waals surface area contributed by atoms with Crippen LogP contribution in [0.2, 0.25) is 0 Å². The molecule has 1 aromatic rings. The van der Waals surface area contributed by atoms with Gasteiger partial charge in [0, 0.05) is 6.42 Å². The van der Waals surface area contributed by atoms with Crippen LogP contribution < -0.4 is 5.32 Å². The number of aryl methyl sites for hydroxylation is 1. The summed E-state index contributed by atoms with van der Waals surface area (Å²) in [4.78, 5) is 15.2. The summed E-state index contributed by atoms with van der Waals surface area (Å²) in [6, 6.07) is 0. The summed E-state index contributed by atoms with van der Waals surface area (Å²) < 4.78 is 0. The molecule has 0 atom stereocenters. The quantitative estimate of drug-likeness (QED) is 0.724. The molecule has 5 heteroatoms. The van der Waals surface area contributed by atoms with Gasteiger partial charge in [0.15, 0.2) is 0 Å². The number of nitrogens with zero attached hydrogens (tertiary/aromatic N) is 2. The SMILES string of the molecule is Cc1nc(NC(=O)CC2CC2)n[nH]1. The largest absolute Gasteiger partial charge is 0.293 e. The van der Waals surface area contributed by atoms with Gasteiger partial charge in [0.1, 0.15) is 5.82 Å². The van der Waals surface area contributed by atoms with E-state index in [-0.39, 0.29) is 5.91 Å². The van der Waals surface area contributed by atoms with Gasteiger partial charge >= 0.3 is 0 Å². The van der Waals surface area contributed by atoms with Crippen LogP contribution in [0.1, 0.15) is 25.1 Å². The maximum Gasteiger partial charge on any atom is 0.248 e. The van der Waals surface area contributed by atoms with E-state index in [4.69, 9.17) is 0 Å². The topological polar surface area (TPSA) is 70.7 Å². The molecule has 1 heterocycles. The Kier molecular flexibility index (Phi) is 2.00. The Morgan fingerprint density at radius 1 is 1.69 bits per heavy atom. The summed E-state index contributed by atoms with van der Waals surface area (Å²) in [7, 11) is 0. The van der Waals surface area contributed by atoms with Crippen LogP contribution in [0.5, 0.6) is 0 Å². The minimum Gasteiger partial charge on any atom is -0.293 e. The van der Waals surface area contributed by atoms with Gasteiger partial charge in [-0.25, -0.2) is 0 Å². The first-order chi connectivity index (χ1) is 6.24. The summed E-state index contributed by atoms with van der Waals surface area (Å²) >= 11 is 0. The lowest BCUT2D eigenvalue weighted by Gasteiger charge is -1.97. The van der Waals surface area contributed by atoms with E-state index in [1.807, 2.05) is 0 Å². The Balaban J connectivity index is 1.85. The first-order valence-electron chi connectivity index (χ1n) is 4.43. The fourth-order valence-electron chi connectivity index (χ4n) is 1.16. The molecule has 0 saturated heterocycles. The fourth-order valence-corrected chi connectivity index (χ4v) is 1.16. The van der Waals surface area contributed by atoms with Gasteiger partial charge in [0.25, 0.3) is 0 Å². The molecule has 1 saturated carbocycles. The van der Waals surface area contributed by atoms with Gasteiger partial charge in [-0.1, -0.05) is 0 Å². The molecular weight excluding hydrogens is 168 g/mol. The third-order valence-corrected chi connectivity index (χ3v) is 2.02. The Hall–Kier alpha value is -1.39. The lowest BCUT2D eigenvalue weighted by atomic mass is 10.3. The Morgan fingerprint density at radius 2 is 2.46 bits per heavy atom. The van der Waals surface area contributed by atoms with Crippen LogP contribution in [0.15, 0.2) is 0 Å². The molecule has 1 amide bonds. The lowest BCUT2D eigenvalue weighted by Crippen LogP contribution is -2.12. The molecule has 1 aliphatic carbocycles. The molecule has 13 heavy (non-hydrogen) atoms. The molecule has 0 aliphatic heterocycles. The fraction of sp³-hybridized carbons (Fsp3) is 0.625. The molecule has 1 aliphatic rings. The number of H-pyrrole nitrogens is 1. The average Bonchev–Trinajstić information content (AvgIpc) is 2.76. The van der Waals surface area contributed by atoms with E-state index in [9.17, 15) is 4.79 Å². The van der Waals surface area contributed by atoms with Gasteiger partial charge in [-0.3, -0.25) is 15.2 Å². The number of anilines is 1. The highest BCUT2D eigenvalue weighted by atomic mass is 16.1. The number of aromatic nitrogens is 3. The van der Waals surface area contributed by atoms with Crippen molar-refractivity contribution in [3.05, 3.63) is 5.82 Å². The van der Waals surface area contributed by atoms with Crippen LogP contribution in [-0.2, 0) is 4.79 Å². The zero-order valence-electron chi connectivity index (χ0n) is 7.50. The van der Waals surface area contributed by atoms with Crippen LogP contribution in [0.4, 0.5) is 5.95 Å². The molecule has 0 bridgehead atoms. The first kappa shape index (κ1) is 8.22. The second-order valence-corrected chi connectivity index (χ2v) is 3.44. The standard InChI is InChI=1S/C8H12N4O/c1-5-9-8(12-11-5)10-7(13)4-6-2-3-6/h6H,2-4H2,1H3,(H2,9,10,11,12,13). The molecule has 0 spiro atoms. The van der Waals surface area contributed by atoms with Crippen molar-refractivity contribution in [3.63, 3.8) is 0 Å². The van der Waals surface area contributed by atoms with Crippen molar-refractivity contribution < 1.29 is 4.79 Å². The molecule has 0 aromatic carbocycles. The predicted octanol–water partition coefficient (Wildman–Crippen LogP) is 0.852. The van der Waals surface area contributed by atoms with Crippen LogP contribution in [0.25, 0.3) is 0 Å². The summed E-state index contributed by atoms with van der Waals surface area (Å²) in [6.45, 7) is 1.80. The van der Waals surface area contributed by atoms with E-state index < -0.39 is 0 Å². The van der Waals surface area contributed by atoms with Crippen molar-refractivity contribution in [2.45, 2.75) is 26.2 Å². The highest BCUT2D eigenvalue weighted by molar-refractivity contribution is 5.89. The van der Waals surface area contributed by atoms with Gasteiger partial charge in [0.05, 0.1) is 0 Å². The van der Waals surface area contributed by atoms with Crippen LogP contribution >= 0.6 is 0 Å². The second kappa shape index (κ2) is 3.16. The molecule has 0 radical (unpaired) electrons. The van der Waals surface area contributed by atoms with Crippen LogP contribution in [0.3, 0.4) is 0 Å². The maximum absolute atomic E-state index is 11.3. The number of amides is 1. The van der Waals surface area contributed by atoms with Crippen molar-refractivity contribution in [1.29, 1.82) is 0 Å². The first-order valence-corrected chi connectivity index (χ1v) is 4.43. The van der Waals surface area contributed by atoms with Gasteiger partial charge < -0.3 is 0 Å². The maximum atomic E-state index is 11.3. The van der Waals surface area contributed by atoms with Crippen LogP contribution in [-0.4, -0.2) is 21.1 Å². The van der Waals surface area contributed by atoms with Crippen molar-refractivity contribution in [2.24, 2.45) is 5.92 Å². The molecule has 1 fully saturated rings. The highest BCUT2D eigenvalue weighted by Crippen LogP contribution is 2.32. The van der Waals surface area contributed by atoms with Crippen molar-refractivity contribution in [1.82, 2.24) is 15.2 Å². The van der Waals surface area contributed by atoms with Gasteiger partial charge in [-0.2, -0.15) is 4.98 Å². The third-order valence-electron chi connectivity index (χ3n) is 2.02. The zero-order valence-corrected chi connectivity index (χ0v) is 7.50. The number of carbonyl (C=O) groups excluding carboxylic acids is 1. The average molecular weight is 180 g/mol. The summed E-state index contributed by atoms with van der Waals surface area (Å²) in [5, 5.41) is 9.12. The second-order valence-electron chi connectivity index (χ2n) is 3.44. The Morgan fingerprint density at radius 3 is 3.00 bits per heavy atom. The van der Waals surface area contributed by atoms with Crippen molar-refractivity contribution >= 4 is 11.9 Å². The third kappa shape index (κ3) is 2.27. The van der Waals surface area contributed by atoms with Gasteiger partial charge in [-0.05, 0) is 25.7 Å². The minimum atomic E-state index is 0.0153. The van der Waals surface area contributed by atoms with Gasteiger partial charge in [-0.15, -0.1) is 5.10 Å². The van der Waals surface area contributed by atoms with E-state index in [0.717, 1.165) is 0 Å². The van der Waals surface area contributed by atoms with E-state index >= 15 is 0 Å². The molecule has 5 nitrogen and oxygen atoms in total. The summed E-state index contributed by atoms with van der Waals surface area (Å²) in [5.41, 5.74) is 0. The van der Waals surface area contributed by atoms with Crippen molar-refractivity contribution in [3.8, 4) is 0 Å². The normalized spacial score (nSPS) is 15.8. The molecule has 2 rings (SSSR count). The molecule has 2 N–H and O–H groups in total. The van der Waals surface area contributed by atoms with Crippen molar-refractivity contribution in [2.75, 3.05) is 5.32 Å². The van der Waals surface area contributed by atoms with E-state index in [1.165, 1.54) is 12.8 Å². The smallest absolute Gasteiger partial charge is 0.248 e. The molecule has 70 valence electrons. The zero-order chi connectivity index (χ0) is 9.26. The number of carbonyl (C=O) groups is 1. The van der Waals surface area contributed by atoms with Gasteiger partial charge in [0.2, 0.25) is 11.9 Å². The highest BCUT2D eigenvalue weighted by Gasteiger charge is 2.24. The molecule has 1 aromatic heterocycles. The monoisotopic (exact) mass is 180 g/mol. The molecular formula is C8H12N4O. The molecule has 0 unspecified atom stereocenters. The predicted molar refractivity (Wildman–Crippen MR) is 47.1 cm³/mol. The summed E-state index contributed by atoms with van der Waals surface area (Å²) in [5.74, 6) is 1.70. The lowest BCUT2D eigenvalue weighted by molar-refractivity contribution is -0.116. The Labute approximate surface area is 75.9 Å². The number of rotatable bonds is 3. The number of aromatic amines is 1. The van der Waals surface area contributed by atoms with E-state index in [1.54, 1.807) is 6.92 Å². The number of hydrogen-bond donors (Lipinski definition) is 2.